The Morgan fingerprint density at radius 1 is 1.29 bits per heavy atom. The molecule has 0 heterocycles. The molecule has 0 saturated carbocycles. The minimum absolute atomic E-state index is 0.111. The lowest BCUT2D eigenvalue weighted by molar-refractivity contribution is -0.127. The Morgan fingerprint density at radius 3 is 2.43 bits per heavy atom. The van der Waals surface area contributed by atoms with Gasteiger partial charge in [0.25, 0.3) is 0 Å². The normalized spacial score (nSPS) is 10.7. The summed E-state index contributed by atoms with van der Waals surface area (Å²) >= 11 is 1.67. The number of nitrogens with two attached hydrogens (primary N) is 1. The average Bonchev–Trinajstić information content (AvgIpc) is 2.43. The SMILES string of the molecule is CN(Cc1ccc(C#CCN)cc1)C(=O)CSC(C)(C)C. The maximum absolute atomic E-state index is 12.1. The van der Waals surface area contributed by atoms with Crippen LogP contribution in [0.4, 0.5) is 0 Å². The van der Waals surface area contributed by atoms with Crippen molar-refractivity contribution >= 4 is 17.7 Å². The van der Waals surface area contributed by atoms with E-state index < -0.39 is 0 Å². The Bertz CT molecular complexity index is 520. The predicted octanol–water partition coefficient (Wildman–Crippen LogP) is 2.49. The zero-order valence-electron chi connectivity index (χ0n) is 13.3. The van der Waals surface area contributed by atoms with E-state index >= 15 is 0 Å². The quantitative estimate of drug-likeness (QED) is 0.869. The van der Waals surface area contributed by atoms with E-state index in [9.17, 15) is 4.79 Å². The fraction of sp³-hybridized carbons (Fsp3) is 0.471. The molecule has 1 aromatic rings. The molecule has 0 atom stereocenters. The minimum Gasteiger partial charge on any atom is -0.341 e. The third kappa shape index (κ3) is 7.22. The van der Waals surface area contributed by atoms with Crippen molar-refractivity contribution in [1.82, 2.24) is 4.90 Å². The van der Waals surface area contributed by atoms with Crippen LogP contribution in [-0.2, 0) is 11.3 Å². The second-order valence-corrected chi connectivity index (χ2v) is 7.66. The average molecular weight is 304 g/mol. The second kappa shape index (κ2) is 8.11. The molecule has 0 spiro atoms. The van der Waals surface area contributed by atoms with Crippen LogP contribution in [0.1, 0.15) is 31.9 Å². The maximum atomic E-state index is 12.1. The zero-order valence-corrected chi connectivity index (χ0v) is 14.1. The molecule has 0 unspecified atom stereocenters. The standard InChI is InChI=1S/C17H24N2OS/c1-17(2,3)21-13-16(20)19(4)12-15-9-7-14(8-10-15)6-5-11-18/h7-10H,11-13,18H2,1-4H3. The van der Waals surface area contributed by atoms with Gasteiger partial charge >= 0.3 is 0 Å². The molecule has 0 aliphatic carbocycles. The molecular formula is C17H24N2OS. The molecule has 0 bridgehead atoms. The van der Waals surface area contributed by atoms with Crippen molar-refractivity contribution < 1.29 is 4.79 Å². The molecule has 0 radical (unpaired) electrons. The van der Waals surface area contributed by atoms with Crippen LogP contribution in [0.5, 0.6) is 0 Å². The first-order valence-electron chi connectivity index (χ1n) is 6.97. The summed E-state index contributed by atoms with van der Waals surface area (Å²) in [6.45, 7) is 7.34. The summed E-state index contributed by atoms with van der Waals surface area (Å²) in [5.74, 6) is 6.48. The monoisotopic (exact) mass is 304 g/mol. The van der Waals surface area contributed by atoms with Gasteiger partial charge in [-0.25, -0.2) is 0 Å². The van der Waals surface area contributed by atoms with Crippen LogP contribution in [0.2, 0.25) is 0 Å². The molecular weight excluding hydrogens is 280 g/mol. The second-order valence-electron chi connectivity index (χ2n) is 5.85. The number of thioether (sulfide) groups is 1. The van der Waals surface area contributed by atoms with Crippen LogP contribution < -0.4 is 5.73 Å². The summed E-state index contributed by atoms with van der Waals surface area (Å²) in [6.07, 6.45) is 0. The molecule has 3 nitrogen and oxygen atoms in total. The Hall–Kier alpha value is -1.44. The van der Waals surface area contributed by atoms with E-state index in [2.05, 4.69) is 32.6 Å². The summed E-state index contributed by atoms with van der Waals surface area (Å²) in [4.78, 5) is 13.8. The van der Waals surface area contributed by atoms with Gasteiger partial charge < -0.3 is 10.6 Å². The van der Waals surface area contributed by atoms with Crippen molar-refractivity contribution in [3.8, 4) is 11.8 Å². The van der Waals surface area contributed by atoms with Gasteiger partial charge in [0, 0.05) is 23.9 Å². The Morgan fingerprint density at radius 2 is 1.90 bits per heavy atom. The first-order valence-corrected chi connectivity index (χ1v) is 7.96. The number of amides is 1. The molecule has 114 valence electrons. The van der Waals surface area contributed by atoms with E-state index in [0.717, 1.165) is 11.1 Å². The number of rotatable bonds is 4. The van der Waals surface area contributed by atoms with Crippen molar-refractivity contribution in [3.63, 3.8) is 0 Å². The van der Waals surface area contributed by atoms with Crippen LogP contribution in [0, 0.1) is 11.8 Å². The fourth-order valence-electron chi connectivity index (χ4n) is 1.60. The summed E-state index contributed by atoms with van der Waals surface area (Å²) in [7, 11) is 1.84. The lowest BCUT2D eigenvalue weighted by Crippen LogP contribution is -2.29. The highest BCUT2D eigenvalue weighted by Crippen LogP contribution is 2.23. The third-order valence-electron chi connectivity index (χ3n) is 2.76. The number of hydrogen-bond acceptors (Lipinski definition) is 3. The molecule has 0 aromatic heterocycles. The van der Waals surface area contributed by atoms with Crippen LogP contribution in [0.3, 0.4) is 0 Å². The van der Waals surface area contributed by atoms with E-state index in [-0.39, 0.29) is 10.7 Å². The van der Waals surface area contributed by atoms with Crippen LogP contribution in [-0.4, -0.2) is 34.9 Å². The van der Waals surface area contributed by atoms with Crippen LogP contribution in [0.25, 0.3) is 0 Å². The number of carbonyl (C=O) groups is 1. The lowest BCUT2D eigenvalue weighted by atomic mass is 10.1. The molecule has 0 aliphatic heterocycles. The topological polar surface area (TPSA) is 46.3 Å². The van der Waals surface area contributed by atoms with E-state index in [1.165, 1.54) is 0 Å². The summed E-state index contributed by atoms with van der Waals surface area (Å²) < 4.78 is 0.111. The van der Waals surface area contributed by atoms with Gasteiger partial charge in [-0.15, -0.1) is 11.8 Å². The number of nitrogens with zero attached hydrogens (tertiary/aromatic N) is 1. The van der Waals surface area contributed by atoms with Crippen molar-refractivity contribution in [3.05, 3.63) is 35.4 Å². The highest BCUT2D eigenvalue weighted by atomic mass is 32.2. The van der Waals surface area contributed by atoms with Gasteiger partial charge in [-0.05, 0) is 17.7 Å². The van der Waals surface area contributed by atoms with Crippen molar-refractivity contribution in [2.24, 2.45) is 5.73 Å². The molecule has 0 saturated heterocycles. The number of benzene rings is 1. The number of carbonyl (C=O) groups excluding carboxylic acids is 1. The van der Waals surface area contributed by atoms with Gasteiger partial charge in [-0.1, -0.05) is 44.7 Å². The Labute approximate surface area is 132 Å². The molecule has 1 rings (SSSR count). The highest BCUT2D eigenvalue weighted by molar-refractivity contribution is 8.01. The number of hydrogen-bond donors (Lipinski definition) is 1. The molecule has 0 fully saturated rings. The van der Waals surface area contributed by atoms with Gasteiger partial charge in [0.15, 0.2) is 0 Å². The summed E-state index contributed by atoms with van der Waals surface area (Å²) in [5, 5.41) is 0. The molecule has 4 heteroatoms. The van der Waals surface area contributed by atoms with Gasteiger partial charge in [-0.2, -0.15) is 0 Å². The van der Waals surface area contributed by atoms with Gasteiger partial charge in [0.1, 0.15) is 0 Å². The maximum Gasteiger partial charge on any atom is 0.232 e. The van der Waals surface area contributed by atoms with E-state index in [4.69, 9.17) is 5.73 Å². The molecule has 0 aliphatic rings. The molecule has 21 heavy (non-hydrogen) atoms. The van der Waals surface area contributed by atoms with E-state index in [0.29, 0.717) is 18.8 Å². The van der Waals surface area contributed by atoms with Gasteiger partial charge in [0.2, 0.25) is 5.91 Å². The first kappa shape index (κ1) is 17.6. The molecule has 2 N–H and O–H groups in total. The predicted molar refractivity (Wildman–Crippen MR) is 91.1 cm³/mol. The lowest BCUT2D eigenvalue weighted by Gasteiger charge is -2.21. The Balaban J connectivity index is 2.54. The van der Waals surface area contributed by atoms with Crippen molar-refractivity contribution in [2.45, 2.75) is 32.1 Å². The highest BCUT2D eigenvalue weighted by Gasteiger charge is 2.16. The minimum atomic E-state index is 0.111. The molecule has 1 amide bonds. The zero-order chi connectivity index (χ0) is 15.9. The van der Waals surface area contributed by atoms with E-state index in [1.807, 2.05) is 31.3 Å². The molecule has 1 aromatic carbocycles. The largest absolute Gasteiger partial charge is 0.341 e. The smallest absolute Gasteiger partial charge is 0.232 e. The van der Waals surface area contributed by atoms with Crippen LogP contribution in [0.15, 0.2) is 24.3 Å². The summed E-state index contributed by atoms with van der Waals surface area (Å²) in [6, 6.07) is 7.92. The van der Waals surface area contributed by atoms with E-state index in [1.54, 1.807) is 16.7 Å². The summed E-state index contributed by atoms with van der Waals surface area (Å²) in [5.41, 5.74) is 7.39. The first-order chi connectivity index (χ1) is 9.81. The van der Waals surface area contributed by atoms with Crippen molar-refractivity contribution in [1.29, 1.82) is 0 Å². The van der Waals surface area contributed by atoms with Gasteiger partial charge in [-0.3, -0.25) is 4.79 Å². The fourth-order valence-corrected chi connectivity index (χ4v) is 2.37. The van der Waals surface area contributed by atoms with Gasteiger partial charge in [0.05, 0.1) is 12.3 Å². The third-order valence-corrected chi connectivity index (χ3v) is 4.02. The van der Waals surface area contributed by atoms with Crippen LogP contribution >= 0.6 is 11.8 Å². The Kier molecular flexibility index (Phi) is 6.80. The van der Waals surface area contributed by atoms with Crippen molar-refractivity contribution in [2.75, 3.05) is 19.3 Å².